The molecule has 0 atom stereocenters. The van der Waals surface area contributed by atoms with E-state index in [4.69, 9.17) is 11.6 Å². The van der Waals surface area contributed by atoms with Crippen molar-refractivity contribution in [3.63, 3.8) is 0 Å². The highest BCUT2D eigenvalue weighted by molar-refractivity contribution is 6.30. The minimum Gasteiger partial charge on any atom is -0.477 e. The highest BCUT2D eigenvalue weighted by Crippen LogP contribution is 2.26. The summed E-state index contributed by atoms with van der Waals surface area (Å²) in [6, 6.07) is 26.3. The van der Waals surface area contributed by atoms with Gasteiger partial charge < -0.3 is 9.67 Å². The monoisotopic (exact) mass is 473 g/mol. The third-order valence-corrected chi connectivity index (χ3v) is 6.95. The average molecular weight is 474 g/mol. The first-order valence-electron chi connectivity index (χ1n) is 11.7. The molecule has 1 saturated heterocycles. The van der Waals surface area contributed by atoms with E-state index >= 15 is 0 Å². The molecule has 0 radical (unpaired) electrons. The Labute approximate surface area is 204 Å². The second kappa shape index (κ2) is 10.0. The van der Waals surface area contributed by atoms with E-state index in [1.165, 1.54) is 16.7 Å². The van der Waals surface area contributed by atoms with Crippen molar-refractivity contribution in [2.45, 2.75) is 13.1 Å². The third kappa shape index (κ3) is 4.87. The molecule has 5 nitrogen and oxygen atoms in total. The van der Waals surface area contributed by atoms with E-state index in [2.05, 4.69) is 46.2 Å². The largest absolute Gasteiger partial charge is 0.477 e. The van der Waals surface area contributed by atoms with E-state index in [1.54, 1.807) is 6.07 Å². The molecule has 0 bridgehead atoms. The van der Waals surface area contributed by atoms with E-state index in [1.807, 2.05) is 41.0 Å². The second-order valence-corrected chi connectivity index (χ2v) is 9.26. The number of carboxylic acids is 1. The van der Waals surface area contributed by atoms with Gasteiger partial charge in [-0.15, -0.1) is 0 Å². The average Bonchev–Trinajstić information content (AvgIpc) is 3.24. The summed E-state index contributed by atoms with van der Waals surface area (Å²) in [6.07, 6.45) is 0. The summed E-state index contributed by atoms with van der Waals surface area (Å²) in [5, 5.41) is 11.4. The van der Waals surface area contributed by atoms with Gasteiger partial charge in [0.05, 0.1) is 0 Å². The lowest BCUT2D eigenvalue weighted by Crippen LogP contribution is -2.46. The standard InChI is InChI=1S/C28H28ClN3O2/c29-24-11-9-21(10-12-24)25-7-3-1-6-23(25)20-31-15-13-30(14-16-31)17-18-32-26-8-4-2-5-22(26)19-27(32)28(33)34/h1-12,19H,13-18,20H2,(H,33,34). The van der Waals surface area contributed by atoms with Gasteiger partial charge in [0.1, 0.15) is 5.69 Å². The molecule has 5 rings (SSSR count). The summed E-state index contributed by atoms with van der Waals surface area (Å²) in [7, 11) is 0. The van der Waals surface area contributed by atoms with Crippen LogP contribution >= 0.6 is 11.6 Å². The van der Waals surface area contributed by atoms with Crippen LogP contribution in [0.5, 0.6) is 0 Å². The third-order valence-electron chi connectivity index (χ3n) is 6.70. The molecular formula is C28H28ClN3O2. The summed E-state index contributed by atoms with van der Waals surface area (Å²) in [4.78, 5) is 16.7. The lowest BCUT2D eigenvalue weighted by atomic mass is 9.99. The molecule has 1 aliphatic heterocycles. The molecule has 34 heavy (non-hydrogen) atoms. The molecule has 0 unspecified atom stereocenters. The lowest BCUT2D eigenvalue weighted by Gasteiger charge is -2.35. The van der Waals surface area contributed by atoms with Crippen LogP contribution in [0.1, 0.15) is 16.1 Å². The number of fused-ring (bicyclic) bond motifs is 1. The molecule has 174 valence electrons. The molecule has 6 heteroatoms. The predicted octanol–water partition coefficient (Wildman–Crippen LogP) is 5.48. The first-order chi connectivity index (χ1) is 16.6. The Balaban J connectivity index is 1.21. The van der Waals surface area contributed by atoms with E-state index in [9.17, 15) is 9.90 Å². The molecule has 2 heterocycles. The van der Waals surface area contributed by atoms with Gasteiger partial charge in [-0.05, 0) is 41.0 Å². The summed E-state index contributed by atoms with van der Waals surface area (Å²) in [6.45, 7) is 6.37. The van der Waals surface area contributed by atoms with Crippen LogP contribution in [0, 0.1) is 0 Å². The first-order valence-corrected chi connectivity index (χ1v) is 12.1. The number of para-hydroxylation sites is 1. The van der Waals surface area contributed by atoms with E-state index in [-0.39, 0.29) is 0 Å². The van der Waals surface area contributed by atoms with E-state index < -0.39 is 5.97 Å². The molecule has 0 amide bonds. The lowest BCUT2D eigenvalue weighted by molar-refractivity contribution is 0.0683. The maximum atomic E-state index is 11.8. The van der Waals surface area contributed by atoms with Crippen LogP contribution in [0.3, 0.4) is 0 Å². The molecule has 0 spiro atoms. The Morgan fingerprint density at radius 2 is 1.50 bits per heavy atom. The van der Waals surface area contributed by atoms with Crippen LogP contribution in [0.15, 0.2) is 78.9 Å². The van der Waals surface area contributed by atoms with Crippen molar-refractivity contribution in [3.05, 3.63) is 95.1 Å². The molecular weight excluding hydrogens is 446 g/mol. The van der Waals surface area contributed by atoms with Crippen molar-refractivity contribution < 1.29 is 9.90 Å². The molecule has 1 N–H and O–H groups in total. The van der Waals surface area contributed by atoms with Crippen LogP contribution < -0.4 is 0 Å². The molecule has 1 fully saturated rings. The zero-order valence-corrected chi connectivity index (χ0v) is 19.8. The second-order valence-electron chi connectivity index (χ2n) is 8.83. The minimum atomic E-state index is -0.875. The van der Waals surface area contributed by atoms with Crippen LogP contribution in [-0.2, 0) is 13.1 Å². The number of halogens is 1. The number of aromatic carboxylic acids is 1. The van der Waals surface area contributed by atoms with Crippen molar-refractivity contribution in [3.8, 4) is 11.1 Å². The number of carboxylic acid groups (broad SMARTS) is 1. The Kier molecular flexibility index (Phi) is 6.68. The Bertz CT molecular complexity index is 1290. The Morgan fingerprint density at radius 1 is 0.824 bits per heavy atom. The van der Waals surface area contributed by atoms with Gasteiger partial charge in [-0.3, -0.25) is 9.80 Å². The van der Waals surface area contributed by atoms with Gasteiger partial charge in [-0.2, -0.15) is 0 Å². The SMILES string of the molecule is O=C(O)c1cc2ccccc2n1CCN1CCN(Cc2ccccc2-c2ccc(Cl)cc2)CC1. The number of carbonyl (C=O) groups is 1. The van der Waals surface area contributed by atoms with Crippen molar-refractivity contribution >= 4 is 28.5 Å². The van der Waals surface area contributed by atoms with Gasteiger partial charge in [0, 0.05) is 61.7 Å². The molecule has 0 saturated carbocycles. The minimum absolute atomic E-state index is 0.360. The van der Waals surface area contributed by atoms with E-state index in [0.717, 1.165) is 55.2 Å². The van der Waals surface area contributed by atoms with Crippen molar-refractivity contribution in [1.29, 1.82) is 0 Å². The van der Waals surface area contributed by atoms with Crippen LogP contribution in [0.4, 0.5) is 0 Å². The topological polar surface area (TPSA) is 48.7 Å². The number of hydrogen-bond acceptors (Lipinski definition) is 3. The number of rotatable bonds is 7. The number of aromatic nitrogens is 1. The Morgan fingerprint density at radius 3 is 2.26 bits per heavy atom. The van der Waals surface area contributed by atoms with Gasteiger partial charge >= 0.3 is 5.97 Å². The van der Waals surface area contributed by atoms with Crippen LogP contribution in [0.2, 0.25) is 5.02 Å². The fraction of sp³-hybridized carbons (Fsp3) is 0.250. The predicted molar refractivity (Wildman–Crippen MR) is 138 cm³/mol. The van der Waals surface area contributed by atoms with Crippen molar-refractivity contribution in [2.75, 3.05) is 32.7 Å². The van der Waals surface area contributed by atoms with Gasteiger partial charge in [0.2, 0.25) is 0 Å². The molecule has 3 aromatic carbocycles. The number of piperazine rings is 1. The molecule has 0 aliphatic carbocycles. The maximum Gasteiger partial charge on any atom is 0.352 e. The van der Waals surface area contributed by atoms with Gasteiger partial charge in [-0.1, -0.05) is 66.2 Å². The van der Waals surface area contributed by atoms with Crippen LogP contribution in [-0.4, -0.2) is 58.2 Å². The summed E-state index contributed by atoms with van der Waals surface area (Å²) >= 11 is 6.08. The Hall–Kier alpha value is -3.12. The van der Waals surface area contributed by atoms with Gasteiger partial charge in [0.15, 0.2) is 0 Å². The maximum absolute atomic E-state index is 11.8. The molecule has 4 aromatic rings. The van der Waals surface area contributed by atoms with Gasteiger partial charge in [0.25, 0.3) is 0 Å². The molecule has 1 aliphatic rings. The number of nitrogens with zero attached hydrogens (tertiary/aromatic N) is 3. The highest BCUT2D eigenvalue weighted by Gasteiger charge is 2.20. The fourth-order valence-corrected chi connectivity index (χ4v) is 4.98. The number of benzene rings is 3. The van der Waals surface area contributed by atoms with Gasteiger partial charge in [-0.25, -0.2) is 4.79 Å². The number of hydrogen-bond donors (Lipinski definition) is 1. The summed E-state index contributed by atoms with van der Waals surface area (Å²) in [5.74, 6) is -0.875. The summed E-state index contributed by atoms with van der Waals surface area (Å²) in [5.41, 5.74) is 5.10. The highest BCUT2D eigenvalue weighted by atomic mass is 35.5. The van der Waals surface area contributed by atoms with Crippen LogP contribution in [0.25, 0.3) is 22.0 Å². The van der Waals surface area contributed by atoms with E-state index in [0.29, 0.717) is 12.2 Å². The smallest absolute Gasteiger partial charge is 0.352 e. The fourth-order valence-electron chi connectivity index (χ4n) is 4.85. The van der Waals surface area contributed by atoms with Crippen molar-refractivity contribution in [2.24, 2.45) is 0 Å². The first kappa shape index (κ1) is 22.7. The normalized spacial score (nSPS) is 15.1. The van der Waals surface area contributed by atoms with Crippen molar-refractivity contribution in [1.82, 2.24) is 14.4 Å². The summed E-state index contributed by atoms with van der Waals surface area (Å²) < 4.78 is 1.94. The quantitative estimate of drug-likeness (QED) is 0.386. The molecule has 1 aromatic heterocycles. The zero-order chi connectivity index (χ0) is 23.5. The zero-order valence-electron chi connectivity index (χ0n) is 19.0.